The Bertz CT molecular complexity index is 514. The lowest BCUT2D eigenvalue weighted by Crippen LogP contribution is -2.39. The first-order valence-electron chi connectivity index (χ1n) is 7.24. The van der Waals surface area contributed by atoms with Gasteiger partial charge in [-0.15, -0.1) is 0 Å². The van der Waals surface area contributed by atoms with E-state index in [4.69, 9.17) is 0 Å². The van der Waals surface area contributed by atoms with E-state index in [2.05, 4.69) is 10.3 Å². The Morgan fingerprint density at radius 2 is 2.10 bits per heavy atom. The molecule has 0 aliphatic heterocycles. The highest BCUT2D eigenvalue weighted by Crippen LogP contribution is 2.31. The van der Waals surface area contributed by atoms with Gasteiger partial charge in [-0.1, -0.05) is 26.8 Å². The number of amides is 1. The number of aryl methyl sites for hydroxylation is 1. The predicted molar refractivity (Wildman–Crippen MR) is 80.7 cm³/mol. The number of aromatic nitrogens is 1. The number of carboxylic acids is 1. The lowest BCUT2D eigenvalue weighted by molar-refractivity contribution is -0.153. The fourth-order valence-corrected chi connectivity index (χ4v) is 2.06. The minimum atomic E-state index is -1.05. The standard InChI is InChI=1S/C16H24N2O3/c1-5-12-7-6-8-17-13(12)10-18-14(19)9-16(4,11(2)3)15(20)21/h6-8,11H,5,9-10H2,1-4H3,(H,18,19)(H,20,21). The van der Waals surface area contributed by atoms with Crippen LogP contribution >= 0.6 is 0 Å². The highest BCUT2D eigenvalue weighted by molar-refractivity contribution is 5.84. The Morgan fingerprint density at radius 3 is 2.62 bits per heavy atom. The van der Waals surface area contributed by atoms with E-state index in [1.165, 1.54) is 0 Å². The Morgan fingerprint density at radius 1 is 1.43 bits per heavy atom. The second kappa shape index (κ2) is 7.20. The molecule has 0 aromatic carbocycles. The third-order valence-electron chi connectivity index (χ3n) is 4.11. The second-order valence-electron chi connectivity index (χ2n) is 5.79. The van der Waals surface area contributed by atoms with Gasteiger partial charge in [0.2, 0.25) is 5.91 Å². The van der Waals surface area contributed by atoms with Crippen LogP contribution in [0.15, 0.2) is 18.3 Å². The maximum absolute atomic E-state index is 12.0. The van der Waals surface area contributed by atoms with Crippen molar-refractivity contribution in [3.63, 3.8) is 0 Å². The quantitative estimate of drug-likeness (QED) is 0.808. The van der Waals surface area contributed by atoms with E-state index >= 15 is 0 Å². The van der Waals surface area contributed by atoms with Crippen LogP contribution in [0.5, 0.6) is 0 Å². The summed E-state index contributed by atoms with van der Waals surface area (Å²) in [7, 11) is 0. The zero-order valence-electron chi connectivity index (χ0n) is 13.1. The van der Waals surface area contributed by atoms with E-state index in [-0.39, 0.29) is 18.2 Å². The first-order valence-corrected chi connectivity index (χ1v) is 7.24. The first kappa shape index (κ1) is 17.1. The van der Waals surface area contributed by atoms with Crippen LogP contribution in [0.1, 0.15) is 45.4 Å². The zero-order valence-corrected chi connectivity index (χ0v) is 13.1. The smallest absolute Gasteiger partial charge is 0.310 e. The van der Waals surface area contributed by atoms with Gasteiger partial charge >= 0.3 is 5.97 Å². The predicted octanol–water partition coefficient (Wildman–Crippen LogP) is 2.40. The summed E-state index contributed by atoms with van der Waals surface area (Å²) in [5.41, 5.74) is 0.861. The molecule has 1 unspecified atom stereocenters. The summed E-state index contributed by atoms with van der Waals surface area (Å²) in [6.07, 6.45) is 2.50. The number of aliphatic carboxylic acids is 1. The zero-order chi connectivity index (χ0) is 16.0. The number of carbonyl (C=O) groups excluding carboxylic acids is 1. The number of hydrogen-bond donors (Lipinski definition) is 2. The molecule has 0 aliphatic rings. The molecule has 5 heteroatoms. The molecule has 1 heterocycles. The third kappa shape index (κ3) is 4.28. The number of hydrogen-bond acceptors (Lipinski definition) is 3. The first-order chi connectivity index (χ1) is 9.81. The van der Waals surface area contributed by atoms with E-state index in [9.17, 15) is 14.7 Å². The summed E-state index contributed by atoms with van der Waals surface area (Å²) in [6.45, 7) is 7.60. The van der Waals surface area contributed by atoms with Crippen molar-refractivity contribution in [1.82, 2.24) is 10.3 Å². The van der Waals surface area contributed by atoms with Crippen molar-refractivity contribution in [3.05, 3.63) is 29.6 Å². The van der Waals surface area contributed by atoms with Crippen molar-refractivity contribution in [2.45, 2.75) is 47.1 Å². The van der Waals surface area contributed by atoms with Gasteiger partial charge in [-0.05, 0) is 30.9 Å². The van der Waals surface area contributed by atoms with Gasteiger partial charge in [0.1, 0.15) is 0 Å². The third-order valence-corrected chi connectivity index (χ3v) is 4.11. The SMILES string of the molecule is CCc1cccnc1CNC(=O)CC(C)(C(=O)O)C(C)C. The van der Waals surface area contributed by atoms with E-state index in [1.807, 2.05) is 32.9 Å². The summed E-state index contributed by atoms with van der Waals surface area (Å²) in [5.74, 6) is -1.33. The molecule has 0 spiro atoms. The molecule has 0 fully saturated rings. The molecule has 1 atom stereocenters. The largest absolute Gasteiger partial charge is 0.481 e. The number of pyridine rings is 1. The van der Waals surface area contributed by atoms with Crippen LogP contribution in [0, 0.1) is 11.3 Å². The van der Waals surface area contributed by atoms with E-state index < -0.39 is 11.4 Å². The Balaban J connectivity index is 2.68. The van der Waals surface area contributed by atoms with Gasteiger partial charge in [-0.2, -0.15) is 0 Å². The topological polar surface area (TPSA) is 79.3 Å². The number of nitrogens with one attached hydrogen (secondary N) is 1. The van der Waals surface area contributed by atoms with Crippen LogP contribution in [0.4, 0.5) is 0 Å². The molecule has 0 saturated heterocycles. The molecule has 0 saturated carbocycles. The maximum atomic E-state index is 12.0. The van der Waals surface area contributed by atoms with Crippen LogP contribution in [0.25, 0.3) is 0 Å². The lowest BCUT2D eigenvalue weighted by atomic mass is 9.76. The molecule has 1 aromatic heterocycles. The minimum absolute atomic E-state index is 0.0334. The van der Waals surface area contributed by atoms with Gasteiger partial charge < -0.3 is 10.4 Å². The molecule has 0 bridgehead atoms. The van der Waals surface area contributed by atoms with Crippen molar-refractivity contribution in [2.75, 3.05) is 0 Å². The maximum Gasteiger partial charge on any atom is 0.310 e. The van der Waals surface area contributed by atoms with Gasteiger partial charge in [0.05, 0.1) is 17.7 Å². The van der Waals surface area contributed by atoms with E-state index in [0.29, 0.717) is 6.54 Å². The van der Waals surface area contributed by atoms with Gasteiger partial charge in [-0.3, -0.25) is 14.6 Å². The number of rotatable bonds is 7. The van der Waals surface area contributed by atoms with Crippen LogP contribution < -0.4 is 5.32 Å². The van der Waals surface area contributed by atoms with Gasteiger partial charge in [0.15, 0.2) is 0 Å². The van der Waals surface area contributed by atoms with Crippen molar-refractivity contribution >= 4 is 11.9 Å². The van der Waals surface area contributed by atoms with E-state index in [1.54, 1.807) is 13.1 Å². The fraction of sp³-hybridized carbons (Fsp3) is 0.562. The Kier molecular flexibility index (Phi) is 5.88. The molecule has 0 radical (unpaired) electrons. The second-order valence-corrected chi connectivity index (χ2v) is 5.79. The van der Waals surface area contributed by atoms with Crippen molar-refractivity contribution in [2.24, 2.45) is 11.3 Å². The molecular formula is C16H24N2O3. The Hall–Kier alpha value is -1.91. The van der Waals surface area contributed by atoms with Crippen molar-refractivity contribution in [3.8, 4) is 0 Å². The van der Waals surface area contributed by atoms with Crippen molar-refractivity contribution < 1.29 is 14.7 Å². The summed E-state index contributed by atoms with van der Waals surface area (Å²) in [4.78, 5) is 27.7. The van der Waals surface area contributed by atoms with Crippen LogP contribution in [-0.2, 0) is 22.6 Å². The molecule has 5 nitrogen and oxygen atoms in total. The number of nitrogens with zero attached hydrogens (tertiary/aromatic N) is 1. The number of carboxylic acid groups (broad SMARTS) is 1. The number of carbonyl (C=O) groups is 2. The average Bonchev–Trinajstić information content (AvgIpc) is 2.44. The molecule has 2 N–H and O–H groups in total. The minimum Gasteiger partial charge on any atom is -0.481 e. The Labute approximate surface area is 125 Å². The molecule has 0 aliphatic carbocycles. The van der Waals surface area contributed by atoms with Crippen LogP contribution in [-0.4, -0.2) is 22.0 Å². The molecule has 1 amide bonds. The fourth-order valence-electron chi connectivity index (χ4n) is 2.06. The van der Waals surface area contributed by atoms with Crippen LogP contribution in [0.2, 0.25) is 0 Å². The summed E-state index contributed by atoms with van der Waals surface area (Å²) in [5, 5.41) is 12.1. The average molecular weight is 292 g/mol. The normalized spacial score (nSPS) is 13.8. The molecular weight excluding hydrogens is 268 g/mol. The summed E-state index contributed by atoms with van der Waals surface area (Å²) in [6, 6.07) is 3.84. The summed E-state index contributed by atoms with van der Waals surface area (Å²) >= 11 is 0. The molecule has 21 heavy (non-hydrogen) atoms. The summed E-state index contributed by atoms with van der Waals surface area (Å²) < 4.78 is 0. The van der Waals surface area contributed by atoms with Gasteiger partial charge in [0, 0.05) is 12.6 Å². The van der Waals surface area contributed by atoms with Crippen LogP contribution in [0.3, 0.4) is 0 Å². The lowest BCUT2D eigenvalue weighted by Gasteiger charge is -2.28. The highest BCUT2D eigenvalue weighted by atomic mass is 16.4. The molecule has 116 valence electrons. The monoisotopic (exact) mass is 292 g/mol. The molecule has 1 rings (SSSR count). The highest BCUT2D eigenvalue weighted by Gasteiger charge is 2.38. The van der Waals surface area contributed by atoms with Gasteiger partial charge in [0.25, 0.3) is 0 Å². The van der Waals surface area contributed by atoms with Gasteiger partial charge in [-0.25, -0.2) is 0 Å². The van der Waals surface area contributed by atoms with E-state index in [0.717, 1.165) is 17.7 Å². The van der Waals surface area contributed by atoms with Crippen molar-refractivity contribution in [1.29, 1.82) is 0 Å². The molecule has 1 aromatic rings.